The molecule has 0 spiro atoms. The van der Waals surface area contributed by atoms with E-state index >= 15 is 0 Å². The minimum atomic E-state index is -0.590. The molecular formula is C17H18N4O6. The van der Waals surface area contributed by atoms with Gasteiger partial charge in [-0.3, -0.25) is 29.1 Å². The lowest BCUT2D eigenvalue weighted by Gasteiger charge is -2.30. The van der Waals surface area contributed by atoms with E-state index in [1.54, 1.807) is 4.90 Å². The fourth-order valence-corrected chi connectivity index (χ4v) is 3.15. The number of rotatable bonds is 4. The third-order valence-corrected chi connectivity index (χ3v) is 4.71. The highest BCUT2D eigenvalue weighted by Crippen LogP contribution is 2.19. The molecule has 10 nitrogen and oxygen atoms in total. The maximum atomic E-state index is 12.6. The first-order chi connectivity index (χ1) is 12.9. The highest BCUT2D eigenvalue weighted by atomic mass is 16.6. The van der Waals surface area contributed by atoms with Gasteiger partial charge in [0.1, 0.15) is 6.54 Å². The summed E-state index contributed by atoms with van der Waals surface area (Å²) in [5.74, 6) is -0.768. The molecule has 1 fully saturated rings. The largest absolute Gasteiger partial charge is 0.469 e. The lowest BCUT2D eigenvalue weighted by Crippen LogP contribution is -2.43. The van der Waals surface area contributed by atoms with Crippen molar-refractivity contribution in [3.63, 3.8) is 0 Å². The van der Waals surface area contributed by atoms with Gasteiger partial charge in [-0.15, -0.1) is 0 Å². The van der Waals surface area contributed by atoms with Crippen LogP contribution in [0.25, 0.3) is 10.9 Å². The Morgan fingerprint density at radius 3 is 2.67 bits per heavy atom. The molecule has 1 aromatic carbocycles. The zero-order valence-electron chi connectivity index (χ0n) is 14.7. The Morgan fingerprint density at radius 1 is 1.33 bits per heavy atom. The van der Waals surface area contributed by atoms with Crippen LogP contribution in [-0.4, -0.2) is 51.5 Å². The second-order valence-electron chi connectivity index (χ2n) is 6.31. The molecule has 0 atom stereocenters. The number of ether oxygens (including phenoxy) is 1. The first-order valence-corrected chi connectivity index (χ1v) is 8.40. The van der Waals surface area contributed by atoms with Gasteiger partial charge in [0.25, 0.3) is 11.2 Å². The van der Waals surface area contributed by atoms with Crippen molar-refractivity contribution >= 4 is 28.5 Å². The Hall–Kier alpha value is -3.30. The van der Waals surface area contributed by atoms with Crippen LogP contribution in [0.4, 0.5) is 5.69 Å². The summed E-state index contributed by atoms with van der Waals surface area (Å²) < 4.78 is 5.86. The van der Waals surface area contributed by atoms with Crippen LogP contribution < -0.4 is 5.56 Å². The SMILES string of the molecule is COC(=O)C1CCN(C(=O)Cn2cnc3ccc([N+](=O)[O-])cc3c2=O)CC1. The van der Waals surface area contributed by atoms with Gasteiger partial charge in [-0.1, -0.05) is 0 Å². The summed E-state index contributed by atoms with van der Waals surface area (Å²) in [6, 6.07) is 3.84. The van der Waals surface area contributed by atoms with Gasteiger partial charge in [0.15, 0.2) is 0 Å². The molecule has 2 heterocycles. The van der Waals surface area contributed by atoms with Crippen LogP contribution in [0.3, 0.4) is 0 Å². The summed E-state index contributed by atoms with van der Waals surface area (Å²) in [4.78, 5) is 52.6. The molecule has 1 aliphatic heterocycles. The first kappa shape index (κ1) is 18.5. The lowest BCUT2D eigenvalue weighted by atomic mass is 9.97. The van der Waals surface area contributed by atoms with Crippen LogP contribution in [-0.2, 0) is 20.9 Å². The van der Waals surface area contributed by atoms with E-state index in [4.69, 9.17) is 4.74 Å². The Morgan fingerprint density at radius 2 is 2.04 bits per heavy atom. The minimum Gasteiger partial charge on any atom is -0.469 e. The van der Waals surface area contributed by atoms with E-state index in [0.29, 0.717) is 31.4 Å². The molecule has 1 aliphatic rings. The molecule has 0 saturated carbocycles. The van der Waals surface area contributed by atoms with Gasteiger partial charge in [0.05, 0.1) is 35.2 Å². The van der Waals surface area contributed by atoms with Gasteiger partial charge >= 0.3 is 5.97 Å². The van der Waals surface area contributed by atoms with Gasteiger partial charge in [-0.25, -0.2) is 4.98 Å². The van der Waals surface area contributed by atoms with Crippen molar-refractivity contribution in [1.29, 1.82) is 0 Å². The molecule has 0 unspecified atom stereocenters. The molecule has 0 bridgehead atoms. The molecule has 27 heavy (non-hydrogen) atoms. The highest BCUT2D eigenvalue weighted by molar-refractivity contribution is 5.81. The minimum absolute atomic E-state index is 0.0869. The van der Waals surface area contributed by atoms with Crippen LogP contribution in [0.2, 0.25) is 0 Å². The standard InChI is InChI=1S/C17H18N4O6/c1-27-17(24)11-4-6-19(7-5-11)15(22)9-20-10-18-14-3-2-12(21(25)26)8-13(14)16(20)23/h2-3,8,10-11H,4-7,9H2,1H3. The number of hydrogen-bond acceptors (Lipinski definition) is 7. The van der Waals surface area contributed by atoms with Crippen LogP contribution in [0.15, 0.2) is 29.3 Å². The molecule has 2 aromatic rings. The fourth-order valence-electron chi connectivity index (χ4n) is 3.15. The second kappa shape index (κ2) is 7.52. The van der Waals surface area contributed by atoms with Crippen molar-refractivity contribution in [1.82, 2.24) is 14.5 Å². The zero-order valence-corrected chi connectivity index (χ0v) is 14.7. The predicted molar refractivity (Wildman–Crippen MR) is 94.0 cm³/mol. The third-order valence-electron chi connectivity index (χ3n) is 4.71. The summed E-state index contributed by atoms with van der Waals surface area (Å²) >= 11 is 0. The van der Waals surface area contributed by atoms with Crippen LogP contribution >= 0.6 is 0 Å². The van der Waals surface area contributed by atoms with Gasteiger partial charge in [0.2, 0.25) is 5.91 Å². The molecule has 1 amide bonds. The molecule has 0 N–H and O–H groups in total. The lowest BCUT2D eigenvalue weighted by molar-refractivity contribution is -0.384. The Balaban J connectivity index is 1.75. The topological polar surface area (TPSA) is 125 Å². The Bertz CT molecular complexity index is 962. The van der Waals surface area contributed by atoms with E-state index in [1.165, 1.54) is 25.6 Å². The van der Waals surface area contributed by atoms with Crippen LogP contribution in [0.5, 0.6) is 0 Å². The number of nitrogens with zero attached hydrogens (tertiary/aromatic N) is 4. The summed E-state index contributed by atoms with van der Waals surface area (Å²) in [5, 5.41) is 11.0. The van der Waals surface area contributed by atoms with Crippen LogP contribution in [0, 0.1) is 16.0 Å². The van der Waals surface area contributed by atoms with E-state index in [9.17, 15) is 24.5 Å². The number of fused-ring (bicyclic) bond motifs is 1. The molecule has 10 heteroatoms. The smallest absolute Gasteiger partial charge is 0.308 e. The number of nitro groups is 1. The van der Waals surface area contributed by atoms with E-state index < -0.39 is 10.5 Å². The first-order valence-electron chi connectivity index (χ1n) is 8.40. The number of likely N-dealkylation sites (tertiary alicyclic amines) is 1. The van der Waals surface area contributed by atoms with E-state index in [2.05, 4.69) is 4.98 Å². The maximum absolute atomic E-state index is 12.6. The van der Waals surface area contributed by atoms with E-state index in [1.807, 2.05) is 0 Å². The van der Waals surface area contributed by atoms with Crippen molar-refractivity contribution in [3.8, 4) is 0 Å². The van der Waals surface area contributed by atoms with Gasteiger partial charge in [-0.2, -0.15) is 0 Å². The Kier molecular flexibility index (Phi) is 5.15. The number of carbonyl (C=O) groups excluding carboxylic acids is 2. The second-order valence-corrected chi connectivity index (χ2v) is 6.31. The third kappa shape index (κ3) is 3.78. The number of hydrogen-bond donors (Lipinski definition) is 0. The van der Waals surface area contributed by atoms with Crippen LogP contribution in [0.1, 0.15) is 12.8 Å². The number of methoxy groups -OCH3 is 1. The summed E-state index contributed by atoms with van der Waals surface area (Å²) in [7, 11) is 1.34. The summed E-state index contributed by atoms with van der Waals surface area (Å²) in [6.45, 7) is 0.590. The predicted octanol–water partition coefficient (Wildman–Crippen LogP) is 0.716. The summed E-state index contributed by atoms with van der Waals surface area (Å²) in [6.07, 6.45) is 2.28. The van der Waals surface area contributed by atoms with Crippen molar-refractivity contribution in [2.24, 2.45) is 5.92 Å². The van der Waals surface area contributed by atoms with Crippen molar-refractivity contribution in [3.05, 3.63) is 45.0 Å². The Labute approximate surface area is 153 Å². The van der Waals surface area contributed by atoms with E-state index in [-0.39, 0.29) is 35.4 Å². The molecule has 0 aliphatic carbocycles. The number of nitro benzene ring substituents is 1. The monoisotopic (exact) mass is 374 g/mol. The highest BCUT2D eigenvalue weighted by Gasteiger charge is 2.28. The summed E-state index contributed by atoms with van der Waals surface area (Å²) in [5.41, 5.74) is -0.398. The molecule has 142 valence electrons. The maximum Gasteiger partial charge on any atom is 0.308 e. The number of carbonyl (C=O) groups is 2. The zero-order chi connectivity index (χ0) is 19.6. The normalized spacial score (nSPS) is 14.9. The molecule has 1 aromatic heterocycles. The average Bonchev–Trinajstić information content (AvgIpc) is 2.69. The number of piperidine rings is 1. The number of aromatic nitrogens is 2. The van der Waals surface area contributed by atoms with Crippen molar-refractivity contribution < 1.29 is 19.2 Å². The number of esters is 1. The fraction of sp³-hybridized carbons (Fsp3) is 0.412. The van der Waals surface area contributed by atoms with Crippen molar-refractivity contribution in [2.75, 3.05) is 20.2 Å². The van der Waals surface area contributed by atoms with Gasteiger partial charge in [0, 0.05) is 25.2 Å². The number of non-ortho nitro benzene ring substituents is 1. The molecule has 1 saturated heterocycles. The molecular weight excluding hydrogens is 356 g/mol. The number of benzene rings is 1. The molecule has 0 radical (unpaired) electrons. The quantitative estimate of drug-likeness (QED) is 0.438. The van der Waals surface area contributed by atoms with Gasteiger partial charge < -0.3 is 9.64 Å². The number of amides is 1. The average molecular weight is 374 g/mol. The van der Waals surface area contributed by atoms with Gasteiger partial charge in [-0.05, 0) is 18.9 Å². The van der Waals surface area contributed by atoms with E-state index in [0.717, 1.165) is 10.6 Å². The molecule has 3 rings (SSSR count). The van der Waals surface area contributed by atoms with Crippen molar-refractivity contribution in [2.45, 2.75) is 19.4 Å².